The van der Waals surface area contributed by atoms with Gasteiger partial charge in [0.15, 0.2) is 12.0 Å². The van der Waals surface area contributed by atoms with Crippen molar-refractivity contribution in [2.75, 3.05) is 26.1 Å². The number of nitrogens with one attached hydrogen (secondary N) is 1. The third kappa shape index (κ3) is 4.64. The molecule has 0 saturated carbocycles. The number of anilines is 1. The van der Waals surface area contributed by atoms with Crippen molar-refractivity contribution in [3.8, 4) is 11.5 Å². The highest BCUT2D eigenvalue weighted by Crippen LogP contribution is 2.25. The number of esters is 1. The summed E-state index contributed by atoms with van der Waals surface area (Å²) in [4.78, 5) is 37.7. The first-order valence-electron chi connectivity index (χ1n) is 10.2. The molecule has 33 heavy (non-hydrogen) atoms. The number of carbonyl (C=O) groups is 2. The first-order chi connectivity index (χ1) is 16.0. The topological polar surface area (TPSA) is 95.9 Å². The number of benzene rings is 3. The van der Waals surface area contributed by atoms with Crippen LogP contribution in [-0.4, -0.2) is 37.3 Å². The second-order valence-corrected chi connectivity index (χ2v) is 7.26. The lowest BCUT2D eigenvalue weighted by Crippen LogP contribution is -2.24. The molecule has 0 bridgehead atoms. The molecule has 1 aromatic heterocycles. The third-order valence-electron chi connectivity index (χ3n) is 5.17. The van der Waals surface area contributed by atoms with Gasteiger partial charge < -0.3 is 24.1 Å². The zero-order valence-electron chi connectivity index (χ0n) is 18.2. The van der Waals surface area contributed by atoms with E-state index in [0.717, 1.165) is 0 Å². The Morgan fingerprint density at radius 3 is 1.94 bits per heavy atom. The normalized spacial score (nSPS) is 10.7. The van der Waals surface area contributed by atoms with Gasteiger partial charge in [0.25, 0.3) is 5.91 Å². The van der Waals surface area contributed by atoms with E-state index in [-0.39, 0.29) is 12.0 Å². The van der Waals surface area contributed by atoms with Gasteiger partial charge in [-0.1, -0.05) is 24.3 Å². The Kier molecular flexibility index (Phi) is 6.26. The number of amides is 1. The van der Waals surface area contributed by atoms with E-state index in [1.165, 1.54) is 14.2 Å². The molecular formula is C25H22N2O6. The molecule has 0 saturated heterocycles. The van der Waals surface area contributed by atoms with Crippen molar-refractivity contribution >= 4 is 39.4 Å². The summed E-state index contributed by atoms with van der Waals surface area (Å²) in [6.45, 7) is -0.615. The molecule has 0 fully saturated rings. The highest BCUT2D eigenvalue weighted by molar-refractivity contribution is 5.95. The zero-order chi connectivity index (χ0) is 23.4. The van der Waals surface area contributed by atoms with Crippen molar-refractivity contribution in [1.82, 2.24) is 4.57 Å². The first-order valence-corrected chi connectivity index (χ1v) is 10.2. The van der Waals surface area contributed by atoms with Gasteiger partial charge in [0, 0.05) is 34.7 Å². The van der Waals surface area contributed by atoms with Crippen molar-refractivity contribution in [3.63, 3.8) is 0 Å². The molecule has 8 nitrogen and oxygen atoms in total. The number of hydrogen-bond donors (Lipinski definition) is 1. The van der Waals surface area contributed by atoms with Crippen LogP contribution in [0.2, 0.25) is 0 Å². The van der Waals surface area contributed by atoms with Crippen LogP contribution in [0.15, 0.2) is 71.5 Å². The fourth-order valence-corrected chi connectivity index (χ4v) is 3.64. The summed E-state index contributed by atoms with van der Waals surface area (Å²) in [5.74, 6) is -0.0853. The van der Waals surface area contributed by atoms with E-state index in [0.29, 0.717) is 39.0 Å². The molecular weight excluding hydrogens is 424 g/mol. The van der Waals surface area contributed by atoms with Gasteiger partial charge in [-0.05, 0) is 24.3 Å². The summed E-state index contributed by atoms with van der Waals surface area (Å²) in [5, 5.41) is 3.67. The Hall–Kier alpha value is -4.33. The fraction of sp³-hybridized carbons (Fsp3) is 0.160. The number of hydrogen-bond acceptors (Lipinski definition) is 6. The predicted molar refractivity (Wildman–Crippen MR) is 125 cm³/mol. The monoisotopic (exact) mass is 446 g/mol. The van der Waals surface area contributed by atoms with Crippen molar-refractivity contribution in [1.29, 1.82) is 0 Å². The standard InChI is InChI=1S/C25H22N2O6/c1-31-17-11-16(12-18(13-17)32-2)26-23(28)15-33-24(29)14-27-21-9-5-3-7-19(21)25(30)20-8-4-6-10-22(20)27/h3-13H,14-15H2,1-2H3,(H,26,28). The third-order valence-corrected chi connectivity index (χ3v) is 5.17. The Morgan fingerprint density at radius 1 is 0.848 bits per heavy atom. The highest BCUT2D eigenvalue weighted by atomic mass is 16.5. The maximum Gasteiger partial charge on any atom is 0.326 e. The van der Waals surface area contributed by atoms with Crippen molar-refractivity contribution in [2.24, 2.45) is 0 Å². The van der Waals surface area contributed by atoms with Gasteiger partial charge in [-0.15, -0.1) is 0 Å². The van der Waals surface area contributed by atoms with Crippen LogP contribution in [0.3, 0.4) is 0 Å². The summed E-state index contributed by atoms with van der Waals surface area (Å²) < 4.78 is 17.3. The zero-order valence-corrected chi connectivity index (χ0v) is 18.2. The first kappa shape index (κ1) is 21.9. The lowest BCUT2D eigenvalue weighted by atomic mass is 10.1. The van der Waals surface area contributed by atoms with E-state index in [2.05, 4.69) is 5.32 Å². The van der Waals surface area contributed by atoms with Gasteiger partial charge in [-0.2, -0.15) is 0 Å². The van der Waals surface area contributed by atoms with Crippen molar-refractivity contribution in [2.45, 2.75) is 6.54 Å². The van der Waals surface area contributed by atoms with E-state index >= 15 is 0 Å². The van der Waals surface area contributed by atoms with Crippen LogP contribution in [-0.2, 0) is 20.9 Å². The van der Waals surface area contributed by atoms with Crippen LogP contribution < -0.4 is 20.2 Å². The largest absolute Gasteiger partial charge is 0.497 e. The van der Waals surface area contributed by atoms with Gasteiger partial charge in [0.2, 0.25) is 0 Å². The molecule has 168 valence electrons. The van der Waals surface area contributed by atoms with E-state index in [1.54, 1.807) is 71.3 Å². The summed E-state index contributed by atoms with van der Waals surface area (Å²) >= 11 is 0. The van der Waals surface area contributed by atoms with Gasteiger partial charge in [0.1, 0.15) is 18.0 Å². The maximum absolute atomic E-state index is 12.8. The average molecular weight is 446 g/mol. The number of pyridine rings is 1. The quantitative estimate of drug-likeness (QED) is 0.346. The van der Waals surface area contributed by atoms with E-state index < -0.39 is 18.5 Å². The number of ether oxygens (including phenoxy) is 3. The van der Waals surface area contributed by atoms with Gasteiger partial charge in [-0.3, -0.25) is 14.4 Å². The second kappa shape index (κ2) is 9.44. The number of fused-ring (bicyclic) bond motifs is 2. The van der Waals surface area contributed by atoms with Crippen LogP contribution in [0.4, 0.5) is 5.69 Å². The van der Waals surface area contributed by atoms with E-state index in [1.807, 2.05) is 0 Å². The predicted octanol–water partition coefficient (Wildman–Crippen LogP) is 3.35. The maximum atomic E-state index is 12.8. The van der Waals surface area contributed by atoms with Gasteiger partial charge in [-0.25, -0.2) is 0 Å². The minimum atomic E-state index is -0.604. The summed E-state index contributed by atoms with van der Waals surface area (Å²) in [5.41, 5.74) is 1.58. The minimum Gasteiger partial charge on any atom is -0.497 e. The van der Waals surface area contributed by atoms with Crippen LogP contribution in [0.1, 0.15) is 0 Å². The second-order valence-electron chi connectivity index (χ2n) is 7.26. The number of methoxy groups -OCH3 is 2. The molecule has 0 atom stereocenters. The van der Waals surface area contributed by atoms with E-state index in [4.69, 9.17) is 14.2 Å². The number of rotatable bonds is 7. The molecule has 3 aromatic carbocycles. The molecule has 0 spiro atoms. The fourth-order valence-electron chi connectivity index (χ4n) is 3.64. The summed E-state index contributed by atoms with van der Waals surface area (Å²) in [7, 11) is 3.01. The molecule has 1 N–H and O–H groups in total. The molecule has 1 heterocycles. The molecule has 0 unspecified atom stereocenters. The smallest absolute Gasteiger partial charge is 0.326 e. The Labute approximate surface area is 189 Å². The highest BCUT2D eigenvalue weighted by Gasteiger charge is 2.15. The molecule has 0 radical (unpaired) electrons. The molecule has 1 amide bonds. The average Bonchev–Trinajstić information content (AvgIpc) is 2.85. The molecule has 4 rings (SSSR count). The molecule has 0 aliphatic heterocycles. The number of para-hydroxylation sites is 2. The Bertz CT molecular complexity index is 1330. The van der Waals surface area contributed by atoms with Crippen molar-refractivity contribution < 1.29 is 23.8 Å². The SMILES string of the molecule is COc1cc(NC(=O)COC(=O)Cn2c3ccccc3c(=O)c3ccccc32)cc(OC)c1. The lowest BCUT2D eigenvalue weighted by Gasteiger charge is -2.15. The van der Waals surface area contributed by atoms with Crippen LogP contribution in [0.5, 0.6) is 11.5 Å². The molecule has 4 aromatic rings. The van der Waals surface area contributed by atoms with E-state index in [9.17, 15) is 14.4 Å². The number of aromatic nitrogens is 1. The minimum absolute atomic E-state index is 0.0982. The molecule has 0 aliphatic rings. The summed E-state index contributed by atoms with van der Waals surface area (Å²) in [6, 6.07) is 19.1. The Balaban J connectivity index is 1.50. The van der Waals surface area contributed by atoms with Crippen LogP contribution in [0.25, 0.3) is 21.8 Å². The van der Waals surface area contributed by atoms with Crippen molar-refractivity contribution in [3.05, 3.63) is 77.0 Å². The van der Waals surface area contributed by atoms with Crippen LogP contribution in [0, 0.1) is 0 Å². The lowest BCUT2D eigenvalue weighted by molar-refractivity contribution is -0.147. The van der Waals surface area contributed by atoms with Gasteiger partial charge in [0.05, 0.1) is 25.3 Å². The summed E-state index contributed by atoms with van der Waals surface area (Å²) in [6.07, 6.45) is 0. The molecule has 0 aliphatic carbocycles. The van der Waals surface area contributed by atoms with Crippen LogP contribution >= 0.6 is 0 Å². The molecule has 8 heteroatoms. The number of carbonyl (C=O) groups excluding carboxylic acids is 2. The number of nitrogens with zero attached hydrogens (tertiary/aromatic N) is 1. The Morgan fingerprint density at radius 2 is 1.39 bits per heavy atom. The van der Waals surface area contributed by atoms with Gasteiger partial charge >= 0.3 is 5.97 Å².